The lowest BCUT2D eigenvalue weighted by molar-refractivity contribution is 1.11. The van der Waals surface area contributed by atoms with E-state index in [0.29, 0.717) is 0 Å². The van der Waals surface area contributed by atoms with Gasteiger partial charge >= 0.3 is 0 Å². The largest absolute Gasteiger partial charge is 0.229 e. The van der Waals surface area contributed by atoms with Crippen molar-refractivity contribution in [3.63, 3.8) is 0 Å². The molecule has 0 unspecified atom stereocenters. The van der Waals surface area contributed by atoms with Gasteiger partial charge < -0.3 is 0 Å². The SMILES string of the molecule is Clc1ccccc1CSc1ncnc2sc(-c3ccccc3)cc12. The maximum Gasteiger partial charge on any atom is 0.128 e. The van der Waals surface area contributed by atoms with E-state index in [1.165, 1.54) is 10.4 Å². The fraction of sp³-hybridized carbons (Fsp3) is 0.0526. The van der Waals surface area contributed by atoms with Crippen molar-refractivity contribution in [2.75, 3.05) is 0 Å². The van der Waals surface area contributed by atoms with Gasteiger partial charge in [0.1, 0.15) is 16.2 Å². The van der Waals surface area contributed by atoms with Crippen molar-refractivity contribution >= 4 is 44.9 Å². The van der Waals surface area contributed by atoms with Crippen LogP contribution in [0, 0.1) is 0 Å². The normalized spacial score (nSPS) is 11.0. The van der Waals surface area contributed by atoms with Crippen molar-refractivity contribution in [2.45, 2.75) is 10.8 Å². The van der Waals surface area contributed by atoms with Crippen LogP contribution >= 0.6 is 34.7 Å². The number of thiophene rings is 1. The Labute approximate surface area is 153 Å². The van der Waals surface area contributed by atoms with Crippen molar-refractivity contribution in [3.05, 3.63) is 77.6 Å². The zero-order valence-corrected chi connectivity index (χ0v) is 15.0. The smallest absolute Gasteiger partial charge is 0.128 e. The second-order valence-corrected chi connectivity index (χ2v) is 7.66. The van der Waals surface area contributed by atoms with Gasteiger partial charge in [-0.25, -0.2) is 9.97 Å². The molecule has 0 saturated carbocycles. The van der Waals surface area contributed by atoms with Gasteiger partial charge in [0.05, 0.1) is 0 Å². The minimum Gasteiger partial charge on any atom is -0.229 e. The molecule has 4 aromatic rings. The van der Waals surface area contributed by atoms with Crippen LogP contribution in [-0.2, 0) is 5.75 Å². The summed E-state index contributed by atoms with van der Waals surface area (Å²) >= 11 is 9.64. The Bertz CT molecular complexity index is 983. The molecule has 0 fully saturated rings. The van der Waals surface area contributed by atoms with E-state index in [0.717, 1.165) is 31.6 Å². The van der Waals surface area contributed by atoms with E-state index < -0.39 is 0 Å². The maximum absolute atomic E-state index is 6.25. The van der Waals surface area contributed by atoms with Gasteiger partial charge in [-0.15, -0.1) is 23.1 Å². The number of benzene rings is 2. The number of hydrogen-bond acceptors (Lipinski definition) is 4. The van der Waals surface area contributed by atoms with Crippen molar-refractivity contribution in [3.8, 4) is 10.4 Å². The van der Waals surface area contributed by atoms with Gasteiger partial charge in [-0.3, -0.25) is 0 Å². The highest BCUT2D eigenvalue weighted by Gasteiger charge is 2.11. The molecule has 0 saturated heterocycles. The van der Waals surface area contributed by atoms with Crippen molar-refractivity contribution < 1.29 is 0 Å². The van der Waals surface area contributed by atoms with Gasteiger partial charge in [0, 0.05) is 21.0 Å². The lowest BCUT2D eigenvalue weighted by atomic mass is 10.2. The topological polar surface area (TPSA) is 25.8 Å². The third kappa shape index (κ3) is 3.18. The Hall–Kier alpha value is -1.88. The highest BCUT2D eigenvalue weighted by atomic mass is 35.5. The van der Waals surface area contributed by atoms with E-state index >= 15 is 0 Å². The summed E-state index contributed by atoms with van der Waals surface area (Å²) in [5.74, 6) is 0.794. The van der Waals surface area contributed by atoms with E-state index in [2.05, 4.69) is 46.4 Å². The Morgan fingerprint density at radius 2 is 1.75 bits per heavy atom. The Kier molecular flexibility index (Phi) is 4.52. The minimum atomic E-state index is 0.794. The molecule has 118 valence electrons. The predicted octanol–water partition coefficient (Wildman–Crippen LogP) is 6.30. The highest BCUT2D eigenvalue weighted by Crippen LogP contribution is 2.37. The van der Waals surface area contributed by atoms with Crippen LogP contribution < -0.4 is 0 Å². The van der Waals surface area contributed by atoms with Gasteiger partial charge in [0.2, 0.25) is 0 Å². The second-order valence-electron chi connectivity index (χ2n) is 5.25. The first-order chi connectivity index (χ1) is 11.8. The molecule has 0 aliphatic rings. The highest BCUT2D eigenvalue weighted by molar-refractivity contribution is 7.98. The van der Waals surface area contributed by atoms with Gasteiger partial charge in [-0.2, -0.15) is 0 Å². The first-order valence-electron chi connectivity index (χ1n) is 7.47. The fourth-order valence-corrected chi connectivity index (χ4v) is 4.78. The number of fused-ring (bicyclic) bond motifs is 1. The number of aromatic nitrogens is 2. The fourth-order valence-electron chi connectivity index (χ4n) is 2.46. The molecule has 24 heavy (non-hydrogen) atoms. The Morgan fingerprint density at radius 1 is 0.958 bits per heavy atom. The van der Waals surface area contributed by atoms with E-state index in [-0.39, 0.29) is 0 Å². The van der Waals surface area contributed by atoms with Crippen LogP contribution in [0.1, 0.15) is 5.56 Å². The van der Waals surface area contributed by atoms with E-state index in [4.69, 9.17) is 11.6 Å². The lowest BCUT2D eigenvalue weighted by Crippen LogP contribution is -1.86. The number of hydrogen-bond donors (Lipinski definition) is 0. The first-order valence-corrected chi connectivity index (χ1v) is 9.65. The summed E-state index contributed by atoms with van der Waals surface area (Å²) in [7, 11) is 0. The Morgan fingerprint density at radius 3 is 2.58 bits per heavy atom. The van der Waals surface area contributed by atoms with Crippen LogP contribution in [0.3, 0.4) is 0 Å². The van der Waals surface area contributed by atoms with E-state index in [1.54, 1.807) is 29.4 Å². The molecule has 5 heteroatoms. The van der Waals surface area contributed by atoms with Crippen molar-refractivity contribution in [2.24, 2.45) is 0 Å². The predicted molar refractivity (Wildman–Crippen MR) is 104 cm³/mol. The third-order valence-corrected chi connectivity index (χ3v) is 6.19. The lowest BCUT2D eigenvalue weighted by Gasteiger charge is -2.04. The summed E-state index contributed by atoms with van der Waals surface area (Å²) in [6.07, 6.45) is 1.64. The summed E-state index contributed by atoms with van der Waals surface area (Å²) in [5, 5.41) is 2.90. The van der Waals surface area contributed by atoms with Crippen LogP contribution in [0.5, 0.6) is 0 Å². The summed E-state index contributed by atoms with van der Waals surface area (Å²) in [6.45, 7) is 0. The number of thioether (sulfide) groups is 1. The third-order valence-electron chi connectivity index (χ3n) is 3.67. The van der Waals surface area contributed by atoms with Crippen molar-refractivity contribution in [1.82, 2.24) is 9.97 Å². The van der Waals surface area contributed by atoms with Gasteiger partial charge in [-0.05, 0) is 23.3 Å². The average Bonchev–Trinajstić information content (AvgIpc) is 3.07. The quantitative estimate of drug-likeness (QED) is 0.312. The molecule has 0 aliphatic heterocycles. The van der Waals surface area contributed by atoms with Gasteiger partial charge in [-0.1, -0.05) is 60.1 Å². The summed E-state index contributed by atoms with van der Waals surface area (Å²) < 4.78 is 0. The van der Waals surface area contributed by atoms with Gasteiger partial charge in [0.15, 0.2) is 0 Å². The second kappa shape index (κ2) is 6.93. The number of nitrogens with zero attached hydrogens (tertiary/aromatic N) is 2. The molecular weight excluding hydrogens is 356 g/mol. The summed E-state index contributed by atoms with van der Waals surface area (Å²) in [5.41, 5.74) is 2.33. The molecule has 2 aromatic heterocycles. The molecule has 2 heterocycles. The van der Waals surface area contributed by atoms with E-state index in [1.807, 2.05) is 24.3 Å². The zero-order chi connectivity index (χ0) is 16.4. The molecule has 0 aliphatic carbocycles. The zero-order valence-electron chi connectivity index (χ0n) is 12.6. The molecule has 0 atom stereocenters. The minimum absolute atomic E-state index is 0.794. The van der Waals surface area contributed by atoms with E-state index in [9.17, 15) is 0 Å². The standard InChI is InChI=1S/C19H13ClN2S2/c20-16-9-5-4-8-14(16)11-23-18-15-10-17(13-6-2-1-3-7-13)24-19(15)22-12-21-18/h1-10,12H,11H2. The monoisotopic (exact) mass is 368 g/mol. The Balaban J connectivity index is 1.66. The number of rotatable bonds is 4. The molecule has 2 nitrogen and oxygen atoms in total. The van der Waals surface area contributed by atoms with Crippen LogP contribution in [0.25, 0.3) is 20.7 Å². The van der Waals surface area contributed by atoms with Gasteiger partial charge in [0.25, 0.3) is 0 Å². The maximum atomic E-state index is 6.25. The molecule has 0 bridgehead atoms. The molecule has 0 spiro atoms. The van der Waals surface area contributed by atoms with Crippen LogP contribution in [0.4, 0.5) is 0 Å². The number of halogens is 1. The molecule has 4 rings (SSSR count). The summed E-state index contributed by atoms with van der Waals surface area (Å²) in [4.78, 5) is 11.1. The van der Waals surface area contributed by atoms with Crippen LogP contribution in [-0.4, -0.2) is 9.97 Å². The average molecular weight is 369 g/mol. The molecular formula is C19H13ClN2S2. The molecule has 0 radical (unpaired) electrons. The summed E-state index contributed by atoms with van der Waals surface area (Å²) in [6, 6.07) is 20.5. The first kappa shape index (κ1) is 15.6. The van der Waals surface area contributed by atoms with Crippen LogP contribution in [0.15, 0.2) is 72.0 Å². The van der Waals surface area contributed by atoms with Crippen LogP contribution in [0.2, 0.25) is 5.02 Å². The van der Waals surface area contributed by atoms with Crippen molar-refractivity contribution in [1.29, 1.82) is 0 Å². The molecule has 2 aromatic carbocycles. The molecule has 0 amide bonds. The molecule has 0 N–H and O–H groups in total.